The SMILES string of the molecule is COc1ccccc1C1CNCCN1S(=O)(=O)c1ccc(C)o1.Cl. The molecule has 0 spiro atoms. The van der Waals surface area contributed by atoms with E-state index in [1.54, 1.807) is 20.1 Å². The van der Waals surface area contributed by atoms with E-state index in [9.17, 15) is 8.42 Å². The molecule has 3 rings (SSSR count). The number of furan rings is 1. The lowest BCUT2D eigenvalue weighted by Crippen LogP contribution is -2.48. The highest BCUT2D eigenvalue weighted by Gasteiger charge is 2.37. The van der Waals surface area contributed by atoms with Crippen LogP contribution in [0, 0.1) is 6.92 Å². The average molecular weight is 373 g/mol. The van der Waals surface area contributed by atoms with Crippen molar-refractivity contribution in [2.24, 2.45) is 0 Å². The van der Waals surface area contributed by atoms with Gasteiger partial charge in [0.25, 0.3) is 10.0 Å². The fourth-order valence-electron chi connectivity index (χ4n) is 2.85. The number of ether oxygens (including phenoxy) is 1. The molecule has 0 saturated carbocycles. The Bertz CT molecular complexity index is 791. The third kappa shape index (κ3) is 3.44. The summed E-state index contributed by atoms with van der Waals surface area (Å²) in [6.45, 7) is 3.24. The summed E-state index contributed by atoms with van der Waals surface area (Å²) < 4.78 is 38.1. The maximum absolute atomic E-state index is 12.9. The van der Waals surface area contributed by atoms with Crippen molar-refractivity contribution in [3.05, 3.63) is 47.7 Å². The largest absolute Gasteiger partial charge is 0.496 e. The lowest BCUT2D eigenvalue weighted by molar-refractivity contribution is 0.257. The summed E-state index contributed by atoms with van der Waals surface area (Å²) in [5.74, 6) is 1.25. The smallest absolute Gasteiger partial charge is 0.277 e. The Labute approximate surface area is 148 Å². The van der Waals surface area contributed by atoms with Crippen LogP contribution in [0.4, 0.5) is 0 Å². The Balaban J connectivity index is 0.00000208. The second-order valence-electron chi connectivity index (χ2n) is 5.44. The van der Waals surface area contributed by atoms with E-state index < -0.39 is 10.0 Å². The normalized spacial score (nSPS) is 18.8. The van der Waals surface area contributed by atoms with Gasteiger partial charge < -0.3 is 14.5 Å². The molecule has 1 unspecified atom stereocenters. The second kappa shape index (κ2) is 7.57. The van der Waals surface area contributed by atoms with Gasteiger partial charge in [0.05, 0.1) is 13.2 Å². The van der Waals surface area contributed by atoms with Crippen LogP contribution < -0.4 is 10.1 Å². The monoisotopic (exact) mass is 372 g/mol. The first-order chi connectivity index (χ1) is 11.0. The summed E-state index contributed by atoms with van der Waals surface area (Å²) in [5.41, 5.74) is 0.842. The number of methoxy groups -OCH3 is 1. The number of aryl methyl sites for hydroxylation is 1. The molecule has 6 nitrogen and oxygen atoms in total. The van der Waals surface area contributed by atoms with E-state index in [1.807, 2.05) is 24.3 Å². The molecule has 0 radical (unpaired) electrons. The molecule has 1 aliphatic heterocycles. The third-order valence-corrected chi connectivity index (χ3v) is 5.75. The minimum Gasteiger partial charge on any atom is -0.496 e. The number of halogens is 1. The zero-order chi connectivity index (χ0) is 16.4. The van der Waals surface area contributed by atoms with Crippen LogP contribution in [0.15, 0.2) is 45.9 Å². The van der Waals surface area contributed by atoms with E-state index in [1.165, 1.54) is 10.4 Å². The molecule has 1 fully saturated rings. The lowest BCUT2D eigenvalue weighted by atomic mass is 10.0. The maximum atomic E-state index is 12.9. The number of piperazine rings is 1. The van der Waals surface area contributed by atoms with Crippen molar-refractivity contribution >= 4 is 22.4 Å². The molecule has 1 N–H and O–H groups in total. The number of para-hydroxylation sites is 1. The van der Waals surface area contributed by atoms with Gasteiger partial charge >= 0.3 is 0 Å². The quantitative estimate of drug-likeness (QED) is 0.892. The summed E-state index contributed by atoms with van der Waals surface area (Å²) in [6, 6.07) is 10.3. The van der Waals surface area contributed by atoms with Crippen LogP contribution in [0.5, 0.6) is 5.75 Å². The van der Waals surface area contributed by atoms with Gasteiger partial charge in [0.2, 0.25) is 5.09 Å². The predicted molar refractivity (Wildman–Crippen MR) is 93.2 cm³/mol. The van der Waals surface area contributed by atoms with E-state index >= 15 is 0 Å². The van der Waals surface area contributed by atoms with E-state index in [0.717, 1.165) is 5.56 Å². The van der Waals surface area contributed by atoms with Gasteiger partial charge in [-0.15, -0.1) is 12.4 Å². The van der Waals surface area contributed by atoms with Crippen LogP contribution in [0.3, 0.4) is 0 Å². The molecule has 1 aliphatic rings. The number of hydrogen-bond donors (Lipinski definition) is 1. The van der Waals surface area contributed by atoms with Crippen LogP contribution in [-0.4, -0.2) is 39.5 Å². The number of hydrogen-bond acceptors (Lipinski definition) is 5. The highest BCUT2D eigenvalue weighted by Crippen LogP contribution is 2.34. The first kappa shape index (κ1) is 18.8. The van der Waals surface area contributed by atoms with E-state index in [2.05, 4.69) is 5.32 Å². The number of benzene rings is 1. The van der Waals surface area contributed by atoms with Crippen molar-refractivity contribution in [1.82, 2.24) is 9.62 Å². The molecule has 0 amide bonds. The first-order valence-corrected chi connectivity index (χ1v) is 8.90. The number of nitrogens with one attached hydrogen (secondary N) is 1. The van der Waals surface area contributed by atoms with Crippen LogP contribution in [-0.2, 0) is 10.0 Å². The molecule has 1 atom stereocenters. The zero-order valence-corrected chi connectivity index (χ0v) is 15.2. The molecule has 2 aromatic rings. The third-order valence-electron chi connectivity index (χ3n) is 3.97. The van der Waals surface area contributed by atoms with Crippen LogP contribution in [0.25, 0.3) is 0 Å². The van der Waals surface area contributed by atoms with Gasteiger partial charge in [0, 0.05) is 25.2 Å². The molecule has 1 saturated heterocycles. The molecule has 8 heteroatoms. The number of rotatable bonds is 4. The van der Waals surface area contributed by atoms with Gasteiger partial charge in [0.15, 0.2) is 0 Å². The van der Waals surface area contributed by atoms with Gasteiger partial charge in [-0.3, -0.25) is 0 Å². The Hall–Kier alpha value is -1.54. The van der Waals surface area contributed by atoms with E-state index in [0.29, 0.717) is 31.1 Å². The predicted octanol–water partition coefficient (Wildman–Crippen LogP) is 2.35. The summed E-state index contributed by atoms with van der Waals surface area (Å²) in [7, 11) is -2.11. The summed E-state index contributed by atoms with van der Waals surface area (Å²) in [5, 5.41) is 3.23. The average Bonchev–Trinajstić information content (AvgIpc) is 3.02. The van der Waals surface area contributed by atoms with Gasteiger partial charge in [-0.2, -0.15) is 4.31 Å². The van der Waals surface area contributed by atoms with Crippen molar-refractivity contribution in [3.63, 3.8) is 0 Å². The molecule has 132 valence electrons. The van der Waals surface area contributed by atoms with Crippen molar-refractivity contribution < 1.29 is 17.6 Å². The molecular weight excluding hydrogens is 352 g/mol. The molecule has 1 aromatic carbocycles. The van der Waals surface area contributed by atoms with Gasteiger partial charge in [-0.05, 0) is 25.1 Å². The van der Waals surface area contributed by atoms with Gasteiger partial charge in [-0.1, -0.05) is 18.2 Å². The number of nitrogens with zero attached hydrogens (tertiary/aromatic N) is 1. The fourth-order valence-corrected chi connectivity index (χ4v) is 4.41. The highest BCUT2D eigenvalue weighted by atomic mass is 35.5. The molecule has 0 bridgehead atoms. The second-order valence-corrected chi connectivity index (χ2v) is 7.26. The first-order valence-electron chi connectivity index (χ1n) is 7.46. The molecule has 24 heavy (non-hydrogen) atoms. The van der Waals surface area contributed by atoms with Crippen molar-refractivity contribution in [3.8, 4) is 5.75 Å². The van der Waals surface area contributed by atoms with Crippen LogP contribution in [0.2, 0.25) is 0 Å². The zero-order valence-electron chi connectivity index (χ0n) is 13.6. The maximum Gasteiger partial charge on any atom is 0.277 e. The standard InChI is InChI=1S/C16H20N2O4S.ClH/c1-12-7-8-16(22-12)23(19,20)18-10-9-17-11-14(18)13-5-3-4-6-15(13)21-2;/h3-8,14,17H,9-11H2,1-2H3;1H. The summed E-state index contributed by atoms with van der Waals surface area (Å²) >= 11 is 0. The Kier molecular flexibility index (Phi) is 5.92. The molecular formula is C16H21ClN2O4S. The minimum absolute atomic E-state index is 0. The van der Waals surface area contributed by atoms with Gasteiger partial charge in [-0.25, -0.2) is 8.42 Å². The van der Waals surface area contributed by atoms with Crippen molar-refractivity contribution in [2.45, 2.75) is 18.1 Å². The fraction of sp³-hybridized carbons (Fsp3) is 0.375. The summed E-state index contributed by atoms with van der Waals surface area (Å²) in [6.07, 6.45) is 0. The van der Waals surface area contributed by atoms with E-state index in [-0.39, 0.29) is 23.5 Å². The molecule has 1 aromatic heterocycles. The summed E-state index contributed by atoms with van der Waals surface area (Å²) in [4.78, 5) is 0. The van der Waals surface area contributed by atoms with Crippen molar-refractivity contribution in [1.29, 1.82) is 0 Å². The Morgan fingerprint density at radius 3 is 2.67 bits per heavy atom. The molecule has 0 aliphatic carbocycles. The highest BCUT2D eigenvalue weighted by molar-refractivity contribution is 7.89. The van der Waals surface area contributed by atoms with Crippen molar-refractivity contribution in [2.75, 3.05) is 26.7 Å². The van der Waals surface area contributed by atoms with Crippen LogP contribution >= 0.6 is 12.4 Å². The number of sulfonamides is 1. The topological polar surface area (TPSA) is 71.8 Å². The Morgan fingerprint density at radius 1 is 1.25 bits per heavy atom. The molecule has 2 heterocycles. The minimum atomic E-state index is -3.69. The van der Waals surface area contributed by atoms with Gasteiger partial charge in [0.1, 0.15) is 11.5 Å². The van der Waals surface area contributed by atoms with E-state index in [4.69, 9.17) is 9.15 Å². The van der Waals surface area contributed by atoms with Crippen LogP contribution in [0.1, 0.15) is 17.4 Å². The lowest BCUT2D eigenvalue weighted by Gasteiger charge is -2.35. The Morgan fingerprint density at radius 2 is 2.00 bits per heavy atom.